The van der Waals surface area contributed by atoms with E-state index in [-0.39, 0.29) is 12.2 Å². The molecule has 1 fully saturated rings. The van der Waals surface area contributed by atoms with Gasteiger partial charge in [-0.3, -0.25) is 14.5 Å². The molecule has 2 aliphatic rings. The third kappa shape index (κ3) is 3.15. The van der Waals surface area contributed by atoms with Gasteiger partial charge in [0, 0.05) is 24.6 Å². The Morgan fingerprint density at radius 3 is 2.55 bits per heavy atom. The normalized spacial score (nSPS) is 27.6. The van der Waals surface area contributed by atoms with E-state index in [0.29, 0.717) is 23.5 Å². The molecule has 0 bridgehead atoms. The fourth-order valence-corrected chi connectivity index (χ4v) is 5.24. The zero-order valence-corrected chi connectivity index (χ0v) is 18.4. The molecule has 1 N–H and O–H groups in total. The van der Waals surface area contributed by atoms with E-state index in [1.54, 1.807) is 24.3 Å². The van der Waals surface area contributed by atoms with Crippen molar-refractivity contribution >= 4 is 35.0 Å². The van der Waals surface area contributed by atoms with Crippen LogP contribution in [-0.2, 0) is 16.2 Å². The highest BCUT2D eigenvalue weighted by Gasteiger charge is 2.72. The molecule has 4 rings (SSSR count). The molecule has 2 aromatic rings. The van der Waals surface area contributed by atoms with Gasteiger partial charge in [0.05, 0.1) is 0 Å². The number of allylic oxidation sites excluding steroid dienone is 3. The third-order valence-corrected chi connectivity index (χ3v) is 7.40. The molecule has 1 aliphatic carbocycles. The third-order valence-electron chi connectivity index (χ3n) is 5.98. The number of carbonyl (C=O) groups is 2. The van der Waals surface area contributed by atoms with Gasteiger partial charge in [0.25, 0.3) is 11.8 Å². The van der Waals surface area contributed by atoms with Crippen LogP contribution in [0.2, 0.25) is 0 Å². The van der Waals surface area contributed by atoms with Crippen LogP contribution in [0.1, 0.15) is 23.5 Å². The van der Waals surface area contributed by atoms with Gasteiger partial charge >= 0.3 is 0 Å². The van der Waals surface area contributed by atoms with Crippen molar-refractivity contribution in [2.45, 2.75) is 28.7 Å². The molecular formula is C24H21Cl2NO4. The molecule has 0 aromatic heterocycles. The highest BCUT2D eigenvalue weighted by molar-refractivity contribution is 6.53. The predicted octanol–water partition coefficient (Wildman–Crippen LogP) is 4.52. The minimum absolute atomic E-state index is 0.0872. The van der Waals surface area contributed by atoms with Gasteiger partial charge in [-0.15, -0.1) is 23.2 Å². The summed E-state index contributed by atoms with van der Waals surface area (Å²) < 4.78 is 5.77. The van der Waals surface area contributed by atoms with E-state index in [0.717, 1.165) is 10.5 Å². The number of hydrogen-bond donors (Lipinski definition) is 1. The quantitative estimate of drug-likeness (QED) is 0.529. The van der Waals surface area contributed by atoms with Crippen LogP contribution >= 0.6 is 23.2 Å². The van der Waals surface area contributed by atoms with Crippen molar-refractivity contribution in [3.8, 4) is 11.5 Å². The fraction of sp³-hybridized carbons (Fsp3) is 0.250. The van der Waals surface area contributed by atoms with E-state index in [2.05, 4.69) is 6.58 Å². The topological polar surface area (TPSA) is 66.8 Å². The Kier molecular flexibility index (Phi) is 5.36. The number of phenols is 1. The van der Waals surface area contributed by atoms with Crippen LogP contribution in [0.5, 0.6) is 11.5 Å². The number of aromatic hydroxyl groups is 1. The second-order valence-electron chi connectivity index (χ2n) is 7.72. The predicted molar refractivity (Wildman–Crippen MR) is 119 cm³/mol. The molecule has 3 atom stereocenters. The summed E-state index contributed by atoms with van der Waals surface area (Å²) in [4.78, 5) is 23.4. The number of amides is 2. The van der Waals surface area contributed by atoms with Crippen LogP contribution in [0.3, 0.4) is 0 Å². The summed E-state index contributed by atoms with van der Waals surface area (Å²) in [6.45, 7) is 4.15. The average molecular weight is 458 g/mol. The number of carbonyl (C=O) groups excluding carboxylic acids is 2. The first-order chi connectivity index (χ1) is 14.7. The number of likely N-dealkylation sites (tertiary alicyclic amines) is 1. The number of hydrogen-bond acceptors (Lipinski definition) is 4. The molecule has 7 heteroatoms. The highest BCUT2D eigenvalue weighted by atomic mass is 35.5. The summed E-state index contributed by atoms with van der Waals surface area (Å²) in [5, 5.41) is 10.8. The number of benzene rings is 2. The van der Waals surface area contributed by atoms with Gasteiger partial charge in [-0.05, 0) is 23.6 Å². The van der Waals surface area contributed by atoms with Crippen molar-refractivity contribution in [3.05, 3.63) is 84.0 Å². The van der Waals surface area contributed by atoms with Gasteiger partial charge in [0.1, 0.15) is 18.1 Å². The van der Waals surface area contributed by atoms with Crippen molar-refractivity contribution < 1.29 is 19.4 Å². The van der Waals surface area contributed by atoms with Crippen LogP contribution < -0.4 is 4.74 Å². The monoisotopic (exact) mass is 457 g/mol. The van der Waals surface area contributed by atoms with E-state index < -0.39 is 27.5 Å². The molecule has 31 heavy (non-hydrogen) atoms. The van der Waals surface area contributed by atoms with E-state index in [9.17, 15) is 14.7 Å². The Hall–Kier alpha value is -2.76. The molecule has 1 aliphatic heterocycles. The maximum Gasteiger partial charge on any atom is 0.253 e. The Morgan fingerprint density at radius 2 is 1.90 bits per heavy atom. The van der Waals surface area contributed by atoms with Crippen LogP contribution in [0.4, 0.5) is 0 Å². The summed E-state index contributed by atoms with van der Waals surface area (Å²) in [6.07, 6.45) is 3.40. The number of phenolic OH excluding ortho intramolecular Hbond substituents is 1. The molecule has 0 spiro atoms. The first-order valence-corrected chi connectivity index (χ1v) is 10.5. The minimum Gasteiger partial charge on any atom is -0.508 e. The Morgan fingerprint density at radius 1 is 1.19 bits per heavy atom. The van der Waals surface area contributed by atoms with Crippen LogP contribution in [0, 0.1) is 0 Å². The number of ether oxygens (including phenoxy) is 1. The Bertz CT molecular complexity index is 1100. The largest absolute Gasteiger partial charge is 0.508 e. The van der Waals surface area contributed by atoms with Gasteiger partial charge in [0.15, 0.2) is 9.75 Å². The molecule has 2 amide bonds. The van der Waals surface area contributed by atoms with Crippen LogP contribution in [0.15, 0.2) is 72.8 Å². The molecule has 5 nitrogen and oxygen atoms in total. The lowest BCUT2D eigenvalue weighted by atomic mass is 9.68. The summed E-state index contributed by atoms with van der Waals surface area (Å²) in [7, 11) is 1.36. The maximum absolute atomic E-state index is 13.1. The first-order valence-electron chi connectivity index (χ1n) is 9.76. The van der Waals surface area contributed by atoms with E-state index in [1.165, 1.54) is 13.1 Å². The van der Waals surface area contributed by atoms with Crippen molar-refractivity contribution in [1.29, 1.82) is 0 Å². The summed E-state index contributed by atoms with van der Waals surface area (Å²) in [5.74, 6) is -1.67. The Balaban J connectivity index is 1.72. The molecule has 0 saturated carbocycles. The molecule has 0 radical (unpaired) electrons. The summed E-state index contributed by atoms with van der Waals surface area (Å²) >= 11 is 13.6. The van der Waals surface area contributed by atoms with Gasteiger partial charge in [-0.1, -0.05) is 55.1 Å². The number of nitrogens with zero attached hydrogens (tertiary/aromatic N) is 1. The Labute approximate surface area is 190 Å². The van der Waals surface area contributed by atoms with Gasteiger partial charge in [0.2, 0.25) is 0 Å². The number of fused-ring (bicyclic) bond motifs is 1. The lowest BCUT2D eigenvalue weighted by Gasteiger charge is -2.42. The van der Waals surface area contributed by atoms with Crippen LogP contribution in [-0.4, -0.2) is 38.6 Å². The van der Waals surface area contributed by atoms with Gasteiger partial charge in [-0.2, -0.15) is 0 Å². The second-order valence-corrected chi connectivity index (χ2v) is 8.96. The smallest absolute Gasteiger partial charge is 0.253 e. The number of alkyl halides is 2. The zero-order chi connectivity index (χ0) is 22.4. The molecule has 1 heterocycles. The standard InChI is InChI=1S/C24H21Cl2NO4/c1-3-16-11-12-23(25)21(29)27(2)22(30)24(23,26)20(16)18-10-9-17(13-19(18)28)31-14-15-7-5-4-6-8-15/h3-11,13,20,28H,1,12,14H2,2H3/t20-,23-,24+/m1/s1. The lowest BCUT2D eigenvalue weighted by Crippen LogP contribution is -2.54. The molecule has 1 saturated heterocycles. The average Bonchev–Trinajstić information content (AvgIpc) is 2.91. The highest BCUT2D eigenvalue weighted by Crippen LogP contribution is 2.59. The first kappa shape index (κ1) is 21.5. The fourth-order valence-electron chi connectivity index (χ4n) is 4.31. The van der Waals surface area contributed by atoms with Crippen molar-refractivity contribution in [2.24, 2.45) is 0 Å². The van der Waals surface area contributed by atoms with E-state index >= 15 is 0 Å². The number of imide groups is 1. The van der Waals surface area contributed by atoms with Crippen LogP contribution in [0.25, 0.3) is 0 Å². The summed E-state index contributed by atoms with van der Waals surface area (Å²) in [5.41, 5.74) is 1.98. The van der Waals surface area contributed by atoms with Crippen molar-refractivity contribution in [3.63, 3.8) is 0 Å². The maximum atomic E-state index is 13.1. The second kappa shape index (κ2) is 7.74. The molecule has 0 unspecified atom stereocenters. The van der Waals surface area contributed by atoms with E-state index in [1.807, 2.05) is 30.3 Å². The van der Waals surface area contributed by atoms with E-state index in [4.69, 9.17) is 27.9 Å². The van der Waals surface area contributed by atoms with Gasteiger partial charge in [-0.25, -0.2) is 0 Å². The minimum atomic E-state index is -1.79. The SMILES string of the molecule is C=CC1=CC[C@@]2(Cl)C(=O)N(C)C(=O)[C@@]2(Cl)[C@H]1c1ccc(OCc2ccccc2)cc1O. The molecule has 160 valence electrons. The van der Waals surface area contributed by atoms with Gasteiger partial charge < -0.3 is 9.84 Å². The molecule has 2 aromatic carbocycles. The lowest BCUT2D eigenvalue weighted by molar-refractivity contribution is -0.137. The molecular weight excluding hydrogens is 437 g/mol. The summed E-state index contributed by atoms with van der Waals surface area (Å²) in [6, 6.07) is 14.4. The van der Waals surface area contributed by atoms with Crippen molar-refractivity contribution in [1.82, 2.24) is 4.90 Å². The zero-order valence-electron chi connectivity index (χ0n) is 16.8. The van der Waals surface area contributed by atoms with Crippen molar-refractivity contribution in [2.75, 3.05) is 7.05 Å². The number of halogens is 2. The number of rotatable bonds is 5.